The van der Waals surface area contributed by atoms with Gasteiger partial charge >= 0.3 is 0 Å². The maximum Gasteiger partial charge on any atom is 0.231 e. The molecule has 0 aliphatic carbocycles. The number of benzene rings is 1. The third-order valence-electron chi connectivity index (χ3n) is 4.20. The zero-order valence-corrected chi connectivity index (χ0v) is 15.5. The fourth-order valence-corrected chi connectivity index (χ4v) is 3.98. The van der Waals surface area contributed by atoms with Crippen molar-refractivity contribution >= 4 is 39.0 Å². The fraction of sp³-hybridized carbons (Fsp3) is 0.105. The third-order valence-corrected chi connectivity index (χ3v) is 5.36. The predicted octanol–water partition coefficient (Wildman–Crippen LogP) is 4.75. The van der Waals surface area contributed by atoms with Gasteiger partial charge in [0.2, 0.25) is 6.79 Å². The highest BCUT2D eigenvalue weighted by molar-refractivity contribution is 7.22. The van der Waals surface area contributed by atoms with Crippen LogP contribution in [0.1, 0.15) is 5.56 Å². The van der Waals surface area contributed by atoms with E-state index in [4.69, 9.17) is 26.1 Å². The van der Waals surface area contributed by atoms with Crippen molar-refractivity contribution in [3.05, 3.63) is 58.7 Å². The molecule has 8 heteroatoms. The van der Waals surface area contributed by atoms with E-state index in [0.717, 1.165) is 38.7 Å². The highest BCUT2D eigenvalue weighted by atomic mass is 35.5. The number of rotatable bonds is 4. The maximum atomic E-state index is 6.22. The number of aromatic nitrogens is 3. The van der Waals surface area contributed by atoms with Gasteiger partial charge < -0.3 is 14.8 Å². The van der Waals surface area contributed by atoms with Crippen LogP contribution in [0.2, 0.25) is 4.34 Å². The number of nitrogens with one attached hydrogen (secondary N) is 1. The molecule has 0 fully saturated rings. The number of anilines is 1. The van der Waals surface area contributed by atoms with Gasteiger partial charge in [-0.2, -0.15) is 0 Å². The molecular weight excluding hydrogens is 384 g/mol. The summed E-state index contributed by atoms with van der Waals surface area (Å²) in [6.07, 6.45) is 3.45. The summed E-state index contributed by atoms with van der Waals surface area (Å²) in [5.74, 6) is 2.91. The van der Waals surface area contributed by atoms with E-state index in [9.17, 15) is 0 Å². The van der Waals surface area contributed by atoms with Gasteiger partial charge in [-0.1, -0.05) is 17.7 Å². The Bertz CT molecular complexity index is 1130. The Balaban J connectivity index is 1.50. The minimum Gasteiger partial charge on any atom is -0.454 e. The lowest BCUT2D eigenvalue weighted by Crippen LogP contribution is -2.03. The van der Waals surface area contributed by atoms with Crippen molar-refractivity contribution in [3.8, 4) is 22.9 Å². The molecule has 0 saturated heterocycles. The van der Waals surface area contributed by atoms with Crippen LogP contribution in [0.5, 0.6) is 11.5 Å². The molecule has 4 heterocycles. The lowest BCUT2D eigenvalue weighted by atomic mass is 10.2. The summed E-state index contributed by atoms with van der Waals surface area (Å²) in [5.41, 5.74) is 1.97. The Hall–Kier alpha value is -2.90. The minimum atomic E-state index is 0.265. The molecule has 5 rings (SSSR count). The fourth-order valence-electron chi connectivity index (χ4n) is 2.89. The van der Waals surface area contributed by atoms with Gasteiger partial charge in [-0.15, -0.1) is 11.3 Å². The number of pyridine rings is 1. The number of hydrogen-bond donors (Lipinski definition) is 1. The smallest absolute Gasteiger partial charge is 0.231 e. The van der Waals surface area contributed by atoms with Crippen molar-refractivity contribution in [2.75, 3.05) is 12.1 Å². The normalized spacial score (nSPS) is 12.5. The van der Waals surface area contributed by atoms with Crippen LogP contribution in [0, 0.1) is 0 Å². The van der Waals surface area contributed by atoms with Crippen LogP contribution in [-0.2, 0) is 6.54 Å². The number of nitrogens with zero attached hydrogens (tertiary/aromatic N) is 3. The largest absolute Gasteiger partial charge is 0.454 e. The zero-order chi connectivity index (χ0) is 18.2. The van der Waals surface area contributed by atoms with Gasteiger partial charge in [0.1, 0.15) is 10.6 Å². The van der Waals surface area contributed by atoms with E-state index in [1.807, 2.05) is 36.4 Å². The van der Waals surface area contributed by atoms with Crippen LogP contribution in [0.25, 0.3) is 21.6 Å². The molecule has 134 valence electrons. The molecule has 0 bridgehead atoms. The van der Waals surface area contributed by atoms with Crippen molar-refractivity contribution in [2.24, 2.45) is 0 Å². The van der Waals surface area contributed by atoms with Crippen LogP contribution in [0.15, 0.2) is 48.8 Å². The molecule has 1 aliphatic rings. The third kappa shape index (κ3) is 3.15. The van der Waals surface area contributed by atoms with E-state index in [2.05, 4.69) is 15.3 Å². The summed E-state index contributed by atoms with van der Waals surface area (Å²) in [5, 5.41) is 4.31. The van der Waals surface area contributed by atoms with Crippen LogP contribution in [-0.4, -0.2) is 21.7 Å². The molecule has 0 atom stereocenters. The molecule has 0 radical (unpaired) electrons. The first-order valence-corrected chi connectivity index (χ1v) is 9.45. The number of hydrogen-bond acceptors (Lipinski definition) is 7. The Morgan fingerprint density at radius 3 is 2.78 bits per heavy atom. The first kappa shape index (κ1) is 16.3. The molecule has 27 heavy (non-hydrogen) atoms. The standard InChI is InChI=1S/C19H13ClN4O2S/c20-16-8-13-18(22-9-11-1-2-14-15(7-11)26-10-25-14)23-17(24-19(13)27-16)12-3-5-21-6-4-12/h1-8H,9-10H2,(H,22,23,24). The topological polar surface area (TPSA) is 69.2 Å². The van der Waals surface area contributed by atoms with Gasteiger partial charge in [0.15, 0.2) is 17.3 Å². The van der Waals surface area contributed by atoms with Crippen molar-refractivity contribution in [2.45, 2.75) is 6.54 Å². The van der Waals surface area contributed by atoms with Crippen LogP contribution >= 0.6 is 22.9 Å². The Morgan fingerprint density at radius 1 is 1.04 bits per heavy atom. The molecule has 6 nitrogen and oxygen atoms in total. The number of halogens is 1. The average molecular weight is 397 g/mol. The lowest BCUT2D eigenvalue weighted by Gasteiger charge is -2.09. The second-order valence-corrected chi connectivity index (χ2v) is 7.60. The molecule has 0 amide bonds. The van der Waals surface area contributed by atoms with E-state index in [0.29, 0.717) is 16.7 Å². The number of thiophene rings is 1. The summed E-state index contributed by atoms with van der Waals surface area (Å²) in [7, 11) is 0. The first-order valence-electron chi connectivity index (χ1n) is 8.26. The van der Waals surface area contributed by atoms with Crippen LogP contribution in [0.4, 0.5) is 5.82 Å². The summed E-state index contributed by atoms with van der Waals surface area (Å²) < 4.78 is 11.5. The van der Waals surface area contributed by atoms with Crippen LogP contribution < -0.4 is 14.8 Å². The highest BCUT2D eigenvalue weighted by Crippen LogP contribution is 2.35. The van der Waals surface area contributed by atoms with Crippen molar-refractivity contribution < 1.29 is 9.47 Å². The molecule has 0 unspecified atom stereocenters. The summed E-state index contributed by atoms with van der Waals surface area (Å²) in [6.45, 7) is 0.855. The molecule has 4 aromatic rings. The van der Waals surface area contributed by atoms with Gasteiger partial charge in [0.05, 0.1) is 9.72 Å². The molecule has 1 aliphatic heterocycles. The van der Waals surface area contributed by atoms with Crippen molar-refractivity contribution in [3.63, 3.8) is 0 Å². The van der Waals surface area contributed by atoms with Gasteiger partial charge in [-0.3, -0.25) is 4.98 Å². The summed E-state index contributed by atoms with van der Waals surface area (Å²) in [6, 6.07) is 11.6. The van der Waals surface area contributed by atoms with Gasteiger partial charge in [-0.05, 0) is 35.9 Å². The van der Waals surface area contributed by atoms with Crippen molar-refractivity contribution in [1.29, 1.82) is 0 Å². The Morgan fingerprint density at radius 2 is 1.89 bits per heavy atom. The zero-order valence-electron chi connectivity index (χ0n) is 14.0. The van der Waals surface area contributed by atoms with E-state index in [1.54, 1.807) is 12.4 Å². The van der Waals surface area contributed by atoms with E-state index < -0.39 is 0 Å². The van der Waals surface area contributed by atoms with Gasteiger partial charge in [0, 0.05) is 24.5 Å². The minimum absolute atomic E-state index is 0.265. The van der Waals surface area contributed by atoms with Crippen molar-refractivity contribution in [1.82, 2.24) is 15.0 Å². The van der Waals surface area contributed by atoms with Gasteiger partial charge in [-0.25, -0.2) is 9.97 Å². The highest BCUT2D eigenvalue weighted by Gasteiger charge is 2.15. The lowest BCUT2D eigenvalue weighted by molar-refractivity contribution is 0.174. The number of fused-ring (bicyclic) bond motifs is 2. The second-order valence-electron chi connectivity index (χ2n) is 5.94. The Labute approximate surface area is 163 Å². The predicted molar refractivity (Wildman–Crippen MR) is 106 cm³/mol. The van der Waals surface area contributed by atoms with Crippen LogP contribution in [0.3, 0.4) is 0 Å². The summed E-state index contributed by atoms with van der Waals surface area (Å²) in [4.78, 5) is 14.3. The molecular formula is C19H13ClN4O2S. The van der Waals surface area contributed by atoms with E-state index >= 15 is 0 Å². The SMILES string of the molecule is Clc1cc2c(NCc3ccc4c(c3)OCO4)nc(-c3ccncc3)nc2s1. The monoisotopic (exact) mass is 396 g/mol. The van der Waals surface area contributed by atoms with E-state index in [1.165, 1.54) is 11.3 Å². The maximum absolute atomic E-state index is 6.22. The first-order chi connectivity index (χ1) is 13.3. The van der Waals surface area contributed by atoms with Gasteiger partial charge in [0.25, 0.3) is 0 Å². The molecule has 0 saturated carbocycles. The molecule has 3 aromatic heterocycles. The Kier molecular flexibility index (Phi) is 4.03. The van der Waals surface area contributed by atoms with E-state index in [-0.39, 0.29) is 6.79 Å². The average Bonchev–Trinajstić information content (AvgIpc) is 3.31. The molecule has 1 N–H and O–H groups in total. The quantitative estimate of drug-likeness (QED) is 0.537. The molecule has 0 spiro atoms. The number of ether oxygens (including phenoxy) is 2. The molecule has 1 aromatic carbocycles. The summed E-state index contributed by atoms with van der Waals surface area (Å²) >= 11 is 7.65. The second kappa shape index (κ2) is 6.68.